The summed E-state index contributed by atoms with van der Waals surface area (Å²) in [6.07, 6.45) is -1.06. The van der Waals surface area contributed by atoms with Gasteiger partial charge in [-0.2, -0.15) is 0 Å². The van der Waals surface area contributed by atoms with Gasteiger partial charge in [0.05, 0.1) is 23.6 Å². The topological polar surface area (TPSA) is 118 Å². The lowest BCUT2D eigenvalue weighted by Gasteiger charge is -2.27. The summed E-state index contributed by atoms with van der Waals surface area (Å²) in [5.41, 5.74) is -1.07. The number of amides is 2. The van der Waals surface area contributed by atoms with Crippen molar-refractivity contribution in [2.45, 2.75) is 11.7 Å². The van der Waals surface area contributed by atoms with Crippen LogP contribution in [0.25, 0.3) is 0 Å². The molecule has 2 saturated heterocycles. The Kier molecular flexibility index (Phi) is 4.05. The fourth-order valence-corrected chi connectivity index (χ4v) is 6.19. The number of hydrogen-bond donors (Lipinski definition) is 0. The Hall–Kier alpha value is -4.70. The number of imide groups is 1. The summed E-state index contributed by atoms with van der Waals surface area (Å²) in [4.78, 5) is 56.9. The van der Waals surface area contributed by atoms with E-state index in [0.29, 0.717) is 28.6 Å². The average molecular weight is 511 g/mol. The molecular formula is C28H17NO9. The third-order valence-corrected chi connectivity index (χ3v) is 7.86. The maximum atomic E-state index is 14.1. The standard InChI is InChI=1S/C28H17NO9/c30-24-15-3-1-2-4-16(15)25(31)28(24)22-21(23(38-28)13-5-7-17-19(9-13)36-11-34-17)26(32)29(27(22)33)14-6-8-18-20(10-14)37-12-35-18/h1-10,21-23H,11-12H2/t21-,22-,23-/m1/s1. The fraction of sp³-hybridized carbons (Fsp3) is 0.214. The minimum absolute atomic E-state index is 0.0241. The van der Waals surface area contributed by atoms with Gasteiger partial charge in [0.1, 0.15) is 0 Å². The van der Waals surface area contributed by atoms with Gasteiger partial charge in [-0.05, 0) is 29.8 Å². The summed E-state index contributed by atoms with van der Waals surface area (Å²) in [5, 5.41) is 0. The molecule has 2 fully saturated rings. The molecule has 2 amide bonds. The van der Waals surface area contributed by atoms with Crippen LogP contribution < -0.4 is 23.8 Å². The minimum atomic E-state index is -2.16. The molecule has 0 radical (unpaired) electrons. The van der Waals surface area contributed by atoms with Crippen molar-refractivity contribution in [3.05, 3.63) is 77.4 Å². The normalized spacial score (nSPS) is 25.5. The van der Waals surface area contributed by atoms with Gasteiger partial charge in [0.15, 0.2) is 23.0 Å². The van der Waals surface area contributed by atoms with Crippen LogP contribution in [0, 0.1) is 11.8 Å². The number of hydrogen-bond acceptors (Lipinski definition) is 9. The van der Waals surface area contributed by atoms with E-state index in [4.69, 9.17) is 23.7 Å². The zero-order chi connectivity index (χ0) is 25.8. The molecule has 0 N–H and O–H groups in total. The monoisotopic (exact) mass is 511 g/mol. The molecule has 0 bridgehead atoms. The largest absolute Gasteiger partial charge is 0.454 e. The predicted octanol–water partition coefficient (Wildman–Crippen LogP) is 2.84. The van der Waals surface area contributed by atoms with E-state index in [-0.39, 0.29) is 30.4 Å². The molecule has 1 aliphatic carbocycles. The molecule has 8 rings (SSSR count). The van der Waals surface area contributed by atoms with Crippen molar-refractivity contribution in [3.8, 4) is 23.0 Å². The molecule has 5 aliphatic rings. The van der Waals surface area contributed by atoms with E-state index in [1.807, 2.05) is 0 Å². The van der Waals surface area contributed by atoms with Crippen molar-refractivity contribution in [3.63, 3.8) is 0 Å². The number of benzene rings is 3. The van der Waals surface area contributed by atoms with Crippen LogP contribution in [-0.4, -0.2) is 42.6 Å². The Balaban J connectivity index is 1.30. The lowest BCUT2D eigenvalue weighted by molar-refractivity contribution is -0.127. The van der Waals surface area contributed by atoms with Crippen molar-refractivity contribution >= 4 is 29.1 Å². The first-order valence-corrected chi connectivity index (χ1v) is 12.0. The van der Waals surface area contributed by atoms with E-state index in [1.165, 1.54) is 18.2 Å². The molecule has 3 aromatic carbocycles. The van der Waals surface area contributed by atoms with Gasteiger partial charge in [-0.25, -0.2) is 4.90 Å². The first-order valence-electron chi connectivity index (χ1n) is 12.0. The smallest absolute Gasteiger partial charge is 0.241 e. The van der Waals surface area contributed by atoms with Crippen LogP contribution in [0.1, 0.15) is 32.4 Å². The molecule has 10 heteroatoms. The summed E-state index contributed by atoms with van der Waals surface area (Å²) < 4.78 is 28.0. The molecule has 0 unspecified atom stereocenters. The average Bonchev–Trinajstić information content (AvgIpc) is 3.73. The highest BCUT2D eigenvalue weighted by atomic mass is 16.7. The third kappa shape index (κ3) is 2.50. The zero-order valence-corrected chi connectivity index (χ0v) is 19.5. The second kappa shape index (κ2) is 7.20. The Labute approximate surface area is 214 Å². The van der Waals surface area contributed by atoms with Gasteiger partial charge in [-0.3, -0.25) is 19.2 Å². The van der Waals surface area contributed by atoms with E-state index >= 15 is 0 Å². The first-order chi connectivity index (χ1) is 18.5. The molecule has 1 spiro atoms. The van der Waals surface area contributed by atoms with Crippen LogP contribution in [0.2, 0.25) is 0 Å². The van der Waals surface area contributed by atoms with Gasteiger partial charge < -0.3 is 23.7 Å². The predicted molar refractivity (Wildman–Crippen MR) is 126 cm³/mol. The zero-order valence-electron chi connectivity index (χ0n) is 19.5. The van der Waals surface area contributed by atoms with Crippen molar-refractivity contribution in [2.24, 2.45) is 11.8 Å². The lowest BCUT2D eigenvalue weighted by atomic mass is 9.77. The molecule has 4 heterocycles. The summed E-state index contributed by atoms with van der Waals surface area (Å²) in [6.45, 7) is 0.0677. The molecule has 4 aliphatic heterocycles. The summed E-state index contributed by atoms with van der Waals surface area (Å²) in [5.74, 6) is -3.14. The number of anilines is 1. The molecule has 3 atom stereocenters. The molecule has 3 aromatic rings. The minimum Gasteiger partial charge on any atom is -0.454 e. The number of ketones is 2. The van der Waals surface area contributed by atoms with Crippen LogP contribution in [0.15, 0.2) is 60.7 Å². The van der Waals surface area contributed by atoms with E-state index in [9.17, 15) is 19.2 Å². The van der Waals surface area contributed by atoms with Crippen molar-refractivity contribution in [1.82, 2.24) is 0 Å². The second-order valence-corrected chi connectivity index (χ2v) is 9.64. The fourth-order valence-electron chi connectivity index (χ4n) is 6.19. The number of fused-ring (bicyclic) bond motifs is 5. The number of carbonyl (C=O) groups is 4. The van der Waals surface area contributed by atoms with E-state index < -0.39 is 46.9 Å². The van der Waals surface area contributed by atoms with Crippen molar-refractivity contribution in [1.29, 1.82) is 0 Å². The van der Waals surface area contributed by atoms with Gasteiger partial charge in [0.2, 0.25) is 42.6 Å². The highest BCUT2D eigenvalue weighted by Gasteiger charge is 2.74. The first kappa shape index (κ1) is 21.4. The van der Waals surface area contributed by atoms with Crippen LogP contribution in [0.5, 0.6) is 23.0 Å². The van der Waals surface area contributed by atoms with Crippen LogP contribution in [0.4, 0.5) is 5.69 Å². The van der Waals surface area contributed by atoms with Crippen molar-refractivity contribution < 1.29 is 42.9 Å². The highest BCUT2D eigenvalue weighted by molar-refractivity contribution is 6.37. The van der Waals surface area contributed by atoms with Gasteiger partial charge in [-0.15, -0.1) is 0 Å². The highest BCUT2D eigenvalue weighted by Crippen LogP contribution is 2.58. The summed E-state index contributed by atoms with van der Waals surface area (Å²) >= 11 is 0. The van der Waals surface area contributed by atoms with Gasteiger partial charge >= 0.3 is 0 Å². The van der Waals surface area contributed by atoms with Gasteiger partial charge in [0.25, 0.3) is 0 Å². The SMILES string of the molecule is O=C1[C@H]2[C@@H](c3ccc4c(c3)OCO4)OC3(C(=O)c4ccccc4C3=O)[C@H]2C(=O)N1c1ccc2c(c1)OCO2. The Morgan fingerprint density at radius 1 is 0.684 bits per heavy atom. The number of Topliss-reactive ketones (excluding diaryl/α,β-unsaturated/α-hetero) is 2. The van der Waals surface area contributed by atoms with E-state index in [0.717, 1.165) is 4.90 Å². The Morgan fingerprint density at radius 3 is 1.97 bits per heavy atom. The van der Waals surface area contributed by atoms with E-state index in [1.54, 1.807) is 42.5 Å². The number of carbonyl (C=O) groups excluding carboxylic acids is 4. The molecule has 10 nitrogen and oxygen atoms in total. The summed E-state index contributed by atoms with van der Waals surface area (Å²) in [6, 6.07) is 16.1. The third-order valence-electron chi connectivity index (χ3n) is 7.86. The molecule has 0 aromatic heterocycles. The number of rotatable bonds is 2. The number of ether oxygens (including phenoxy) is 5. The molecular weight excluding hydrogens is 494 g/mol. The van der Waals surface area contributed by atoms with Crippen LogP contribution >= 0.6 is 0 Å². The second-order valence-electron chi connectivity index (χ2n) is 9.64. The molecule has 188 valence electrons. The Bertz CT molecular complexity index is 1590. The maximum absolute atomic E-state index is 14.1. The molecule has 0 saturated carbocycles. The Morgan fingerprint density at radius 2 is 1.29 bits per heavy atom. The quantitative estimate of drug-likeness (QED) is 0.378. The summed E-state index contributed by atoms with van der Waals surface area (Å²) in [7, 11) is 0. The molecule has 38 heavy (non-hydrogen) atoms. The van der Waals surface area contributed by atoms with E-state index in [2.05, 4.69) is 0 Å². The van der Waals surface area contributed by atoms with Crippen molar-refractivity contribution in [2.75, 3.05) is 18.5 Å². The van der Waals surface area contributed by atoms with Gasteiger partial charge in [-0.1, -0.05) is 30.3 Å². The lowest BCUT2D eigenvalue weighted by Crippen LogP contribution is -2.51. The van der Waals surface area contributed by atoms with Crippen LogP contribution in [-0.2, 0) is 14.3 Å². The number of nitrogens with zero attached hydrogens (tertiary/aromatic N) is 1. The van der Waals surface area contributed by atoms with Gasteiger partial charge in [0, 0.05) is 17.2 Å². The maximum Gasteiger partial charge on any atom is 0.241 e. The van der Waals surface area contributed by atoms with Crippen LogP contribution in [0.3, 0.4) is 0 Å².